The highest BCUT2D eigenvalue weighted by molar-refractivity contribution is 5.94. The fraction of sp³-hybridized carbons (Fsp3) is 0.188. The third-order valence-electron chi connectivity index (χ3n) is 2.90. The smallest absolute Gasteiger partial charge is 0.422 e. The molecule has 0 radical (unpaired) electrons. The molecule has 122 valence electrons. The van der Waals surface area contributed by atoms with Crippen LogP contribution in [0.3, 0.4) is 0 Å². The molecule has 0 aliphatic rings. The van der Waals surface area contributed by atoms with E-state index in [9.17, 15) is 22.4 Å². The molecule has 2 aromatic carbocycles. The Morgan fingerprint density at radius 1 is 1.04 bits per heavy atom. The van der Waals surface area contributed by atoms with Crippen LogP contribution >= 0.6 is 0 Å². The number of carbonyl (C=O) groups is 1. The fourth-order valence-corrected chi connectivity index (χ4v) is 1.79. The molecular formula is C16H13F4NO2. The van der Waals surface area contributed by atoms with Crippen LogP contribution in [0.5, 0.6) is 5.75 Å². The Hall–Kier alpha value is -2.57. The Labute approximate surface area is 129 Å². The fourth-order valence-electron chi connectivity index (χ4n) is 1.79. The maximum absolute atomic E-state index is 13.4. The summed E-state index contributed by atoms with van der Waals surface area (Å²) < 4.78 is 54.1. The molecule has 2 aromatic rings. The largest absolute Gasteiger partial charge is 0.484 e. The van der Waals surface area contributed by atoms with Crippen molar-refractivity contribution >= 4 is 5.91 Å². The van der Waals surface area contributed by atoms with E-state index in [1.165, 1.54) is 42.5 Å². The van der Waals surface area contributed by atoms with Crippen molar-refractivity contribution in [3.8, 4) is 5.75 Å². The average Bonchev–Trinajstić information content (AvgIpc) is 2.51. The molecule has 3 nitrogen and oxygen atoms in total. The minimum atomic E-state index is -4.40. The van der Waals surface area contributed by atoms with Gasteiger partial charge in [-0.25, -0.2) is 4.39 Å². The summed E-state index contributed by atoms with van der Waals surface area (Å²) in [5, 5.41) is 2.53. The first-order valence-corrected chi connectivity index (χ1v) is 6.66. The van der Waals surface area contributed by atoms with Crippen molar-refractivity contribution in [1.29, 1.82) is 0 Å². The standard InChI is InChI=1S/C16H13F4NO2/c17-14-4-2-1-3-13(14)15(22)21-9-11-5-7-12(8-6-11)23-10-16(18,19)20/h1-8H,9-10H2,(H,21,22). The number of carbonyl (C=O) groups excluding carboxylic acids is 1. The molecule has 0 saturated heterocycles. The topological polar surface area (TPSA) is 38.3 Å². The first-order valence-electron chi connectivity index (χ1n) is 6.66. The number of rotatable bonds is 5. The number of ether oxygens (including phenoxy) is 1. The molecule has 1 amide bonds. The van der Waals surface area contributed by atoms with Gasteiger partial charge in [0, 0.05) is 6.54 Å². The van der Waals surface area contributed by atoms with Gasteiger partial charge in [0.25, 0.3) is 5.91 Å². The number of hydrogen-bond acceptors (Lipinski definition) is 2. The van der Waals surface area contributed by atoms with Crippen molar-refractivity contribution in [3.63, 3.8) is 0 Å². The monoisotopic (exact) mass is 327 g/mol. The van der Waals surface area contributed by atoms with E-state index in [1.54, 1.807) is 6.07 Å². The Morgan fingerprint density at radius 2 is 1.70 bits per heavy atom. The first kappa shape index (κ1) is 16.8. The number of amides is 1. The molecule has 23 heavy (non-hydrogen) atoms. The predicted octanol–water partition coefficient (Wildman–Crippen LogP) is 3.70. The second-order valence-electron chi connectivity index (χ2n) is 4.71. The summed E-state index contributed by atoms with van der Waals surface area (Å²) in [6, 6.07) is 11.4. The average molecular weight is 327 g/mol. The lowest BCUT2D eigenvalue weighted by Gasteiger charge is -2.10. The van der Waals surface area contributed by atoms with Crippen LogP contribution < -0.4 is 10.1 Å². The van der Waals surface area contributed by atoms with Crippen LogP contribution in [0.1, 0.15) is 15.9 Å². The lowest BCUT2D eigenvalue weighted by atomic mass is 10.2. The minimum absolute atomic E-state index is 0.0716. The van der Waals surface area contributed by atoms with Crippen molar-refractivity contribution < 1.29 is 27.1 Å². The Kier molecular flexibility index (Phi) is 5.20. The van der Waals surface area contributed by atoms with E-state index in [0.717, 1.165) is 0 Å². The van der Waals surface area contributed by atoms with Gasteiger partial charge >= 0.3 is 6.18 Å². The molecule has 7 heteroatoms. The van der Waals surface area contributed by atoms with Crippen molar-refractivity contribution in [2.75, 3.05) is 6.61 Å². The normalized spacial score (nSPS) is 11.1. The molecule has 2 rings (SSSR count). The Morgan fingerprint density at radius 3 is 2.30 bits per heavy atom. The van der Waals surface area contributed by atoms with Crippen molar-refractivity contribution in [1.82, 2.24) is 5.32 Å². The molecule has 0 bridgehead atoms. The van der Waals surface area contributed by atoms with Crippen LogP contribution in [0.4, 0.5) is 17.6 Å². The van der Waals surface area contributed by atoms with Gasteiger partial charge in [0.15, 0.2) is 6.61 Å². The van der Waals surface area contributed by atoms with Crippen LogP contribution in [0.15, 0.2) is 48.5 Å². The highest BCUT2D eigenvalue weighted by atomic mass is 19.4. The summed E-state index contributed by atoms with van der Waals surface area (Å²) >= 11 is 0. The third-order valence-corrected chi connectivity index (χ3v) is 2.90. The van der Waals surface area contributed by atoms with Crippen LogP contribution in [0, 0.1) is 5.82 Å². The van der Waals surface area contributed by atoms with E-state index in [0.29, 0.717) is 5.56 Å². The summed E-state index contributed by atoms with van der Waals surface area (Å²) in [5.74, 6) is -1.12. The molecule has 1 N–H and O–H groups in total. The second kappa shape index (κ2) is 7.13. The van der Waals surface area contributed by atoms with Gasteiger partial charge in [-0.15, -0.1) is 0 Å². The van der Waals surface area contributed by atoms with Gasteiger partial charge in [0.1, 0.15) is 11.6 Å². The highest BCUT2D eigenvalue weighted by Crippen LogP contribution is 2.18. The highest BCUT2D eigenvalue weighted by Gasteiger charge is 2.28. The SMILES string of the molecule is O=C(NCc1ccc(OCC(F)(F)F)cc1)c1ccccc1F. The van der Waals surface area contributed by atoms with Crippen LogP contribution in [-0.2, 0) is 6.54 Å². The molecule has 0 atom stereocenters. The molecule has 0 spiro atoms. The molecule has 0 fully saturated rings. The number of benzene rings is 2. The van der Waals surface area contributed by atoms with Gasteiger partial charge in [0.2, 0.25) is 0 Å². The zero-order chi connectivity index (χ0) is 16.9. The molecule has 0 aliphatic carbocycles. The second-order valence-corrected chi connectivity index (χ2v) is 4.71. The zero-order valence-corrected chi connectivity index (χ0v) is 11.9. The summed E-state index contributed by atoms with van der Waals surface area (Å²) in [6.07, 6.45) is -4.40. The van der Waals surface area contributed by atoms with Gasteiger partial charge in [-0.1, -0.05) is 24.3 Å². The minimum Gasteiger partial charge on any atom is -0.484 e. The molecule has 0 aliphatic heterocycles. The zero-order valence-electron chi connectivity index (χ0n) is 11.9. The summed E-state index contributed by atoms with van der Waals surface area (Å²) in [4.78, 5) is 11.8. The first-order chi connectivity index (χ1) is 10.8. The number of nitrogens with one attached hydrogen (secondary N) is 1. The summed E-state index contributed by atoms with van der Waals surface area (Å²) in [6.45, 7) is -1.25. The van der Waals surface area contributed by atoms with E-state index >= 15 is 0 Å². The van der Waals surface area contributed by atoms with E-state index in [4.69, 9.17) is 0 Å². The van der Waals surface area contributed by atoms with E-state index in [1.807, 2.05) is 0 Å². The lowest BCUT2D eigenvalue weighted by molar-refractivity contribution is -0.153. The Balaban J connectivity index is 1.89. The van der Waals surface area contributed by atoms with Crippen LogP contribution in [-0.4, -0.2) is 18.7 Å². The van der Waals surface area contributed by atoms with Crippen LogP contribution in [0.2, 0.25) is 0 Å². The molecule has 0 unspecified atom stereocenters. The van der Waals surface area contributed by atoms with Crippen LogP contribution in [0.25, 0.3) is 0 Å². The maximum Gasteiger partial charge on any atom is 0.422 e. The van der Waals surface area contributed by atoms with Crippen molar-refractivity contribution in [2.45, 2.75) is 12.7 Å². The third kappa shape index (κ3) is 5.28. The number of hydrogen-bond donors (Lipinski definition) is 1. The molecule has 0 heterocycles. The van der Waals surface area contributed by atoms with Gasteiger partial charge in [-0.3, -0.25) is 4.79 Å². The Bertz CT molecular complexity index is 669. The molecule has 0 aromatic heterocycles. The summed E-state index contributed by atoms with van der Waals surface area (Å²) in [7, 11) is 0. The van der Waals surface area contributed by atoms with Gasteiger partial charge in [-0.05, 0) is 29.8 Å². The predicted molar refractivity (Wildman–Crippen MR) is 75.6 cm³/mol. The van der Waals surface area contributed by atoms with Gasteiger partial charge in [0.05, 0.1) is 5.56 Å². The summed E-state index contributed by atoms with van der Waals surface area (Å²) in [5.41, 5.74) is 0.576. The van der Waals surface area contributed by atoms with E-state index in [2.05, 4.69) is 10.1 Å². The number of halogens is 4. The van der Waals surface area contributed by atoms with Gasteiger partial charge in [-0.2, -0.15) is 13.2 Å². The maximum atomic E-state index is 13.4. The molecule has 0 saturated carbocycles. The van der Waals surface area contributed by atoms with Crippen molar-refractivity contribution in [2.24, 2.45) is 0 Å². The quantitative estimate of drug-likeness (QED) is 0.851. The number of alkyl halides is 3. The van der Waals surface area contributed by atoms with E-state index < -0.39 is 24.5 Å². The van der Waals surface area contributed by atoms with E-state index in [-0.39, 0.29) is 17.9 Å². The van der Waals surface area contributed by atoms with Gasteiger partial charge < -0.3 is 10.1 Å². The lowest BCUT2D eigenvalue weighted by Crippen LogP contribution is -2.23. The molecular weight excluding hydrogens is 314 g/mol. The van der Waals surface area contributed by atoms with Crippen molar-refractivity contribution in [3.05, 3.63) is 65.5 Å².